The quantitative estimate of drug-likeness (QED) is 0.130. The number of carbonyl (C=O) groups excluding carboxylic acids is 6. The smallest absolute Gasteiger partial charge is 0.248 e. The second-order valence-corrected chi connectivity index (χ2v) is 16.3. The molecule has 1 aliphatic heterocycles. The molecule has 4 rings (SSSR count). The van der Waals surface area contributed by atoms with Gasteiger partial charge in [-0.1, -0.05) is 65.0 Å². The van der Waals surface area contributed by atoms with E-state index in [1.54, 1.807) is 26.1 Å². The topological polar surface area (TPSA) is 196 Å². The van der Waals surface area contributed by atoms with Crippen LogP contribution in [0.3, 0.4) is 0 Å². The summed E-state index contributed by atoms with van der Waals surface area (Å²) in [4.78, 5) is 81.4. The molecule has 0 aliphatic carbocycles. The molecule has 14 nitrogen and oxygen atoms in total. The molecule has 1 aromatic heterocycles. The van der Waals surface area contributed by atoms with Crippen LogP contribution in [0.15, 0.2) is 60.8 Å². The Hall–Kier alpha value is -5.64. The Balaban J connectivity index is 1.64. The van der Waals surface area contributed by atoms with Gasteiger partial charge in [0.1, 0.15) is 36.4 Å². The number of hydrogen-bond donors (Lipinski definition) is 5. The molecule has 0 unspecified atom stereocenters. The number of hydrogen-bond acceptors (Lipinski definition) is 7. The van der Waals surface area contributed by atoms with Crippen LogP contribution in [-0.2, 0) is 35.3 Å². The number of nitrogens with zero attached hydrogens (tertiary/aromatic N) is 3. The zero-order valence-corrected chi connectivity index (χ0v) is 34.6. The first kappa shape index (κ1) is 46.1. The predicted molar refractivity (Wildman–Crippen MR) is 217 cm³/mol. The number of aromatic nitrogens is 1. The summed E-state index contributed by atoms with van der Waals surface area (Å²) in [7, 11) is 1.39. The molecule has 0 radical (unpaired) electrons. The summed E-state index contributed by atoms with van der Waals surface area (Å²) in [5, 5.41) is 18.3. The Kier molecular flexibility index (Phi) is 15.9. The number of benzene rings is 2. The van der Waals surface area contributed by atoms with Gasteiger partial charge in [-0.3, -0.25) is 28.8 Å². The number of amides is 6. The van der Waals surface area contributed by atoms with Crippen molar-refractivity contribution in [3.8, 4) is 11.1 Å². The van der Waals surface area contributed by atoms with E-state index in [4.69, 9.17) is 5.73 Å². The van der Waals surface area contributed by atoms with Crippen LogP contribution in [0.5, 0.6) is 0 Å². The van der Waals surface area contributed by atoms with Crippen molar-refractivity contribution >= 4 is 35.4 Å². The van der Waals surface area contributed by atoms with Crippen LogP contribution in [0.4, 0.5) is 8.78 Å². The van der Waals surface area contributed by atoms with Crippen molar-refractivity contribution in [2.45, 2.75) is 97.4 Å². The third-order valence-corrected chi connectivity index (χ3v) is 10.5. The molecule has 16 heteroatoms. The molecule has 0 spiro atoms. The molecule has 2 heterocycles. The van der Waals surface area contributed by atoms with Gasteiger partial charge >= 0.3 is 0 Å². The normalized spacial score (nSPS) is 15.6. The van der Waals surface area contributed by atoms with Gasteiger partial charge in [-0.2, -0.15) is 0 Å². The minimum Gasteiger partial charge on any atom is -0.387 e. The van der Waals surface area contributed by atoms with E-state index in [0.717, 1.165) is 23.8 Å². The van der Waals surface area contributed by atoms with Crippen molar-refractivity contribution in [3.05, 3.63) is 83.7 Å². The minimum absolute atomic E-state index is 0.0234. The van der Waals surface area contributed by atoms with E-state index in [1.807, 2.05) is 55.7 Å². The maximum absolute atomic E-state index is 15.2. The Bertz CT molecular complexity index is 1980. The first-order valence-electron chi connectivity index (χ1n) is 19.9. The molecular weight excluding hydrogens is 765 g/mol. The third-order valence-electron chi connectivity index (χ3n) is 10.5. The van der Waals surface area contributed by atoms with Gasteiger partial charge in [-0.15, -0.1) is 0 Å². The monoisotopic (exact) mass is 821 g/mol. The number of halogens is 2. The Morgan fingerprint density at radius 2 is 1.66 bits per heavy atom. The molecule has 2 aromatic carbocycles. The first-order valence-corrected chi connectivity index (χ1v) is 19.9. The largest absolute Gasteiger partial charge is 0.387 e. The number of nitrogens with one attached hydrogen (secondary N) is 3. The average molecular weight is 822 g/mol. The zero-order valence-electron chi connectivity index (χ0n) is 34.6. The van der Waals surface area contributed by atoms with Gasteiger partial charge in [0.05, 0.1) is 6.04 Å². The highest BCUT2D eigenvalue weighted by Crippen LogP contribution is 2.41. The van der Waals surface area contributed by atoms with Crippen LogP contribution >= 0.6 is 0 Å². The summed E-state index contributed by atoms with van der Waals surface area (Å²) < 4.78 is 31.5. The summed E-state index contributed by atoms with van der Waals surface area (Å²) in [6, 6.07) is 10.3. The van der Waals surface area contributed by atoms with Crippen LogP contribution in [0.25, 0.3) is 11.1 Å². The fourth-order valence-corrected chi connectivity index (χ4v) is 7.57. The summed E-state index contributed by atoms with van der Waals surface area (Å²) >= 11 is 0. The standard InChI is InChI=1S/C43H57F2N7O7/c1-26(2)38(49-41(58)33-13-10-19-51(33)36(55)17-16-35(46)54)42(59)48-32(40(57)47-6)18-20-52(37(56)25-53)39(43(3,4)5)34-21-28(30-22-29(44)14-15-31(30)45)24-50(34)23-27-11-8-7-9-12-27/h7-9,11-12,14-15,21-22,24,26,32-33,38-39,53H,10,13,16-20,23,25H2,1-6H3,(H2,46,54)(H,47,57)(H,48,59)(H,49,58)/t32-,33-,38-,39-/m0/s1. The van der Waals surface area contributed by atoms with E-state index in [-0.39, 0.29) is 31.4 Å². The molecule has 320 valence electrons. The number of aliphatic hydroxyl groups is 1. The third kappa shape index (κ3) is 12.0. The molecule has 0 saturated carbocycles. The SMILES string of the molecule is CNC(=O)[C@H](CCN(C(=O)CO)[C@@H](c1cc(-c2cc(F)ccc2F)cn1Cc1ccccc1)C(C)(C)C)NC(=O)[C@@H](NC(=O)[C@@H]1CCCN1C(=O)CCC(N)=O)C(C)C. The van der Waals surface area contributed by atoms with Gasteiger partial charge in [0.25, 0.3) is 0 Å². The zero-order chi connectivity index (χ0) is 43.6. The van der Waals surface area contributed by atoms with Crippen LogP contribution in [0, 0.1) is 23.0 Å². The maximum Gasteiger partial charge on any atom is 0.248 e. The molecule has 1 fully saturated rings. The number of nitrogens with two attached hydrogens (primary N) is 1. The Labute approximate surface area is 343 Å². The maximum atomic E-state index is 15.2. The molecule has 4 atom stereocenters. The first-order chi connectivity index (χ1) is 27.9. The Morgan fingerprint density at radius 1 is 0.966 bits per heavy atom. The van der Waals surface area contributed by atoms with Gasteiger partial charge in [0, 0.05) is 62.5 Å². The molecule has 6 N–H and O–H groups in total. The second-order valence-electron chi connectivity index (χ2n) is 16.3. The van der Waals surface area contributed by atoms with Crippen molar-refractivity contribution < 1.29 is 42.7 Å². The minimum atomic E-state index is -1.20. The lowest BCUT2D eigenvalue weighted by molar-refractivity contribution is -0.141. The van der Waals surface area contributed by atoms with Crippen LogP contribution < -0.4 is 21.7 Å². The van der Waals surface area contributed by atoms with Crippen LogP contribution in [0.1, 0.15) is 84.0 Å². The Morgan fingerprint density at radius 3 is 2.27 bits per heavy atom. The lowest BCUT2D eigenvalue weighted by atomic mass is 9.82. The number of rotatable bonds is 18. The highest BCUT2D eigenvalue weighted by Gasteiger charge is 2.39. The molecule has 3 aromatic rings. The van der Waals surface area contributed by atoms with Crippen molar-refractivity contribution in [1.29, 1.82) is 0 Å². The molecular formula is C43H57F2N7O7. The summed E-state index contributed by atoms with van der Waals surface area (Å²) in [6.45, 7) is 8.71. The summed E-state index contributed by atoms with van der Waals surface area (Å²) in [5.74, 6) is -5.21. The van der Waals surface area contributed by atoms with Gasteiger partial charge < -0.3 is 41.2 Å². The number of likely N-dealkylation sites (tertiary alicyclic amines) is 1. The van der Waals surface area contributed by atoms with E-state index in [9.17, 15) is 38.3 Å². The molecule has 1 aliphatic rings. The van der Waals surface area contributed by atoms with Crippen LogP contribution in [-0.4, -0.2) is 99.8 Å². The molecule has 6 amide bonds. The molecule has 0 bridgehead atoms. The van der Waals surface area contributed by atoms with E-state index >= 15 is 4.39 Å². The van der Waals surface area contributed by atoms with Crippen molar-refractivity contribution in [1.82, 2.24) is 30.3 Å². The lowest BCUT2D eigenvalue weighted by Gasteiger charge is -2.41. The lowest BCUT2D eigenvalue weighted by Crippen LogP contribution is -2.58. The predicted octanol–water partition coefficient (Wildman–Crippen LogP) is 3.41. The van der Waals surface area contributed by atoms with E-state index in [1.165, 1.54) is 16.8 Å². The van der Waals surface area contributed by atoms with Gasteiger partial charge in [-0.05, 0) is 60.4 Å². The van der Waals surface area contributed by atoms with E-state index in [0.29, 0.717) is 37.2 Å². The van der Waals surface area contributed by atoms with Gasteiger partial charge in [0.15, 0.2) is 0 Å². The fourth-order valence-electron chi connectivity index (χ4n) is 7.57. The van der Waals surface area contributed by atoms with E-state index in [2.05, 4.69) is 16.0 Å². The average Bonchev–Trinajstić information content (AvgIpc) is 3.85. The van der Waals surface area contributed by atoms with E-state index < -0.39 is 89.2 Å². The number of aliphatic hydroxyl groups excluding tert-OH is 1. The molecule has 1 saturated heterocycles. The van der Waals surface area contributed by atoms with Crippen LogP contribution in [0.2, 0.25) is 0 Å². The van der Waals surface area contributed by atoms with Gasteiger partial charge in [0.2, 0.25) is 35.4 Å². The highest BCUT2D eigenvalue weighted by molar-refractivity contribution is 5.95. The second kappa shape index (κ2) is 20.4. The number of carbonyl (C=O) groups is 6. The molecule has 59 heavy (non-hydrogen) atoms. The summed E-state index contributed by atoms with van der Waals surface area (Å²) in [5.41, 5.74) is 6.31. The van der Waals surface area contributed by atoms with Crippen molar-refractivity contribution in [3.63, 3.8) is 0 Å². The van der Waals surface area contributed by atoms with Crippen molar-refractivity contribution in [2.24, 2.45) is 17.1 Å². The van der Waals surface area contributed by atoms with Gasteiger partial charge in [-0.25, -0.2) is 8.78 Å². The fraction of sp³-hybridized carbons (Fsp3) is 0.488. The highest BCUT2D eigenvalue weighted by atomic mass is 19.1. The number of likely N-dealkylation sites (N-methyl/N-ethyl adjacent to an activating group) is 1. The van der Waals surface area contributed by atoms with Crippen molar-refractivity contribution in [2.75, 3.05) is 26.7 Å². The number of primary amides is 1. The summed E-state index contributed by atoms with van der Waals surface area (Å²) in [6.07, 6.45) is 2.19.